The highest BCUT2D eigenvalue weighted by molar-refractivity contribution is 7.87. The van der Waals surface area contributed by atoms with E-state index in [1.165, 1.54) is 13.0 Å². The van der Waals surface area contributed by atoms with Crippen LogP contribution in [-0.2, 0) is 14.3 Å². The van der Waals surface area contributed by atoms with Crippen molar-refractivity contribution in [3.8, 4) is 0 Å². The fourth-order valence-electron chi connectivity index (χ4n) is 0.893. The zero-order valence-corrected chi connectivity index (χ0v) is 9.99. The highest BCUT2D eigenvalue weighted by Crippen LogP contribution is 2.27. The van der Waals surface area contributed by atoms with Gasteiger partial charge in [0, 0.05) is 6.42 Å². The maximum absolute atomic E-state index is 12.0. The molecule has 0 aliphatic heterocycles. The quantitative estimate of drug-likeness (QED) is 0.318. The van der Waals surface area contributed by atoms with Gasteiger partial charge < -0.3 is 4.18 Å². The minimum absolute atomic E-state index is 0.110. The Morgan fingerprint density at radius 3 is 2.25 bits per heavy atom. The predicted octanol–water partition coefficient (Wildman–Crippen LogP) is 3.34. The van der Waals surface area contributed by atoms with Crippen LogP contribution in [0.2, 0.25) is 0 Å². The Bertz CT molecular complexity index is 330. The fraction of sp³-hybridized carbons (Fsp3) is 0.778. The molecule has 96 valence electrons. The van der Waals surface area contributed by atoms with Crippen molar-refractivity contribution in [3.05, 3.63) is 11.8 Å². The average Bonchev–Trinajstić information content (AvgIpc) is 2.14. The van der Waals surface area contributed by atoms with Crippen LogP contribution in [0.1, 0.15) is 39.5 Å². The van der Waals surface area contributed by atoms with Crippen molar-refractivity contribution in [1.82, 2.24) is 0 Å². The summed E-state index contributed by atoms with van der Waals surface area (Å²) in [5, 5.41) is 0. The second-order valence-corrected chi connectivity index (χ2v) is 4.69. The molecule has 0 aliphatic carbocycles. The van der Waals surface area contributed by atoms with E-state index >= 15 is 0 Å². The monoisotopic (exact) mass is 260 g/mol. The second-order valence-electron chi connectivity index (χ2n) is 3.15. The van der Waals surface area contributed by atoms with E-state index in [1.807, 2.05) is 6.92 Å². The normalized spacial score (nSPS) is 13.9. The lowest BCUT2D eigenvalue weighted by atomic mass is 10.2. The highest BCUT2D eigenvalue weighted by Gasteiger charge is 2.48. The molecule has 0 radical (unpaired) electrons. The minimum Gasteiger partial charge on any atom is -0.381 e. The van der Waals surface area contributed by atoms with Gasteiger partial charge in [-0.15, -0.1) is 0 Å². The molecule has 0 amide bonds. The molecule has 0 heterocycles. The summed E-state index contributed by atoms with van der Waals surface area (Å²) < 4.78 is 61.3. The van der Waals surface area contributed by atoms with Gasteiger partial charge in [-0.1, -0.05) is 20.3 Å². The van der Waals surface area contributed by atoms with E-state index in [4.69, 9.17) is 0 Å². The molecular weight excluding hydrogens is 245 g/mol. The first-order chi connectivity index (χ1) is 7.24. The molecule has 0 aromatic carbocycles. The molecule has 0 aromatic rings. The lowest BCUT2D eigenvalue weighted by Gasteiger charge is -2.11. The molecule has 0 aromatic heterocycles. The van der Waals surface area contributed by atoms with Gasteiger partial charge in [-0.05, 0) is 18.9 Å². The number of allylic oxidation sites excluding steroid dienone is 2. The van der Waals surface area contributed by atoms with E-state index in [-0.39, 0.29) is 12.2 Å². The van der Waals surface area contributed by atoms with Gasteiger partial charge in [0.15, 0.2) is 0 Å². The first kappa shape index (κ1) is 15.3. The molecule has 16 heavy (non-hydrogen) atoms. The van der Waals surface area contributed by atoms with Gasteiger partial charge in [-0.3, -0.25) is 0 Å². The molecule has 7 heteroatoms. The van der Waals surface area contributed by atoms with Crippen LogP contribution in [-0.4, -0.2) is 13.9 Å². The molecule has 0 atom stereocenters. The summed E-state index contributed by atoms with van der Waals surface area (Å²) >= 11 is 0. The average molecular weight is 260 g/mol. The Kier molecular flexibility index (Phi) is 5.85. The topological polar surface area (TPSA) is 43.4 Å². The van der Waals surface area contributed by atoms with Gasteiger partial charge in [0.1, 0.15) is 5.76 Å². The van der Waals surface area contributed by atoms with Crippen molar-refractivity contribution in [2.24, 2.45) is 0 Å². The Hall–Kier alpha value is -0.720. The molecule has 0 saturated carbocycles. The van der Waals surface area contributed by atoms with E-state index in [0.29, 0.717) is 6.42 Å². The molecule has 3 nitrogen and oxygen atoms in total. The third kappa shape index (κ3) is 4.87. The highest BCUT2D eigenvalue weighted by atomic mass is 32.2. The predicted molar refractivity (Wildman–Crippen MR) is 54.0 cm³/mol. The summed E-state index contributed by atoms with van der Waals surface area (Å²) in [5.74, 6) is -0.161. The van der Waals surface area contributed by atoms with Crippen molar-refractivity contribution in [1.29, 1.82) is 0 Å². The van der Waals surface area contributed by atoms with Crippen LogP contribution in [0.4, 0.5) is 13.2 Å². The van der Waals surface area contributed by atoms with Crippen LogP contribution < -0.4 is 0 Å². The third-order valence-electron chi connectivity index (χ3n) is 1.78. The fourth-order valence-corrected chi connectivity index (χ4v) is 1.45. The van der Waals surface area contributed by atoms with Gasteiger partial charge in [0.25, 0.3) is 0 Å². The van der Waals surface area contributed by atoms with Crippen molar-refractivity contribution in [2.45, 2.75) is 45.0 Å². The van der Waals surface area contributed by atoms with Crippen LogP contribution in [0.5, 0.6) is 0 Å². The van der Waals surface area contributed by atoms with Crippen molar-refractivity contribution < 1.29 is 25.8 Å². The molecule has 0 saturated heterocycles. The van der Waals surface area contributed by atoms with Gasteiger partial charge >= 0.3 is 15.6 Å². The van der Waals surface area contributed by atoms with E-state index in [9.17, 15) is 21.6 Å². The van der Waals surface area contributed by atoms with Crippen molar-refractivity contribution in [3.63, 3.8) is 0 Å². The molecular formula is C9H15F3O3S. The number of hydrogen-bond acceptors (Lipinski definition) is 3. The van der Waals surface area contributed by atoms with E-state index in [0.717, 1.165) is 12.8 Å². The van der Waals surface area contributed by atoms with Crippen molar-refractivity contribution in [2.75, 3.05) is 0 Å². The Morgan fingerprint density at radius 1 is 1.31 bits per heavy atom. The first-order valence-corrected chi connectivity index (χ1v) is 6.35. The molecule has 0 fully saturated rings. The summed E-state index contributed by atoms with van der Waals surface area (Å²) in [4.78, 5) is 0. The Balaban J connectivity index is 4.62. The van der Waals surface area contributed by atoms with Gasteiger partial charge in [-0.2, -0.15) is 21.6 Å². The molecule has 0 aliphatic rings. The Labute approximate surface area is 93.4 Å². The van der Waals surface area contributed by atoms with E-state index in [1.54, 1.807) is 0 Å². The third-order valence-corrected chi connectivity index (χ3v) is 2.78. The number of alkyl halides is 3. The van der Waals surface area contributed by atoms with Gasteiger partial charge in [-0.25, -0.2) is 0 Å². The first-order valence-electron chi connectivity index (χ1n) is 4.94. The molecule has 0 unspecified atom stereocenters. The van der Waals surface area contributed by atoms with Gasteiger partial charge in [0.2, 0.25) is 0 Å². The zero-order chi connectivity index (χ0) is 12.8. The van der Waals surface area contributed by atoms with E-state index < -0.39 is 15.6 Å². The standard InChI is InChI=1S/C9H15F3O3S/c1-3-5-6-7-8(4-2)15-16(13,14)9(10,11)12/h7H,3-6H2,1-2H3/b8-7+. The van der Waals surface area contributed by atoms with Crippen LogP contribution >= 0.6 is 0 Å². The number of unbranched alkanes of at least 4 members (excludes halogenated alkanes) is 2. The number of hydrogen-bond donors (Lipinski definition) is 0. The lowest BCUT2D eigenvalue weighted by Crippen LogP contribution is -2.25. The summed E-state index contributed by atoms with van der Waals surface area (Å²) in [6.45, 7) is 3.45. The number of halogens is 3. The van der Waals surface area contributed by atoms with Gasteiger partial charge in [0.05, 0.1) is 0 Å². The van der Waals surface area contributed by atoms with Crippen LogP contribution in [0.15, 0.2) is 11.8 Å². The van der Waals surface area contributed by atoms with E-state index in [2.05, 4.69) is 4.18 Å². The van der Waals surface area contributed by atoms with Crippen molar-refractivity contribution >= 4 is 10.1 Å². The largest absolute Gasteiger partial charge is 0.534 e. The Morgan fingerprint density at radius 2 is 1.88 bits per heavy atom. The zero-order valence-electron chi connectivity index (χ0n) is 9.17. The minimum atomic E-state index is -5.51. The molecule has 0 rings (SSSR count). The summed E-state index contributed by atoms with van der Waals surface area (Å²) in [5.41, 5.74) is -5.37. The maximum atomic E-state index is 12.0. The van der Waals surface area contributed by atoms with Crippen LogP contribution in [0.3, 0.4) is 0 Å². The summed E-state index contributed by atoms with van der Waals surface area (Å²) in [7, 11) is -5.51. The molecule has 0 spiro atoms. The SMILES string of the molecule is CCCC/C=C(\CC)OS(=O)(=O)C(F)(F)F. The smallest absolute Gasteiger partial charge is 0.381 e. The van der Waals surface area contributed by atoms with Crippen LogP contribution in [0.25, 0.3) is 0 Å². The maximum Gasteiger partial charge on any atom is 0.534 e. The molecule has 0 bridgehead atoms. The second kappa shape index (κ2) is 6.12. The number of rotatable bonds is 6. The molecule has 0 N–H and O–H groups in total. The van der Waals surface area contributed by atoms with Crippen LogP contribution in [0, 0.1) is 0 Å². The summed E-state index contributed by atoms with van der Waals surface area (Å²) in [6.07, 6.45) is 3.65. The lowest BCUT2D eigenvalue weighted by molar-refractivity contribution is -0.0523. The summed E-state index contributed by atoms with van der Waals surface area (Å²) in [6, 6.07) is 0.